The summed E-state index contributed by atoms with van der Waals surface area (Å²) in [6, 6.07) is 12.9. The molecule has 23 heavy (non-hydrogen) atoms. The fourth-order valence-electron chi connectivity index (χ4n) is 2.27. The van der Waals surface area contributed by atoms with Gasteiger partial charge in [-0.25, -0.2) is 4.39 Å². The maximum absolute atomic E-state index is 13.8. The predicted molar refractivity (Wildman–Crippen MR) is 96.5 cm³/mol. The molecule has 0 bridgehead atoms. The Morgan fingerprint density at radius 2 is 2.04 bits per heavy atom. The molecule has 2 aromatic carbocycles. The number of benzene rings is 2. The number of aryl methyl sites for hydroxylation is 1. The first-order valence-electron chi connectivity index (χ1n) is 7.53. The Morgan fingerprint density at radius 3 is 2.70 bits per heavy atom. The molecule has 0 heterocycles. The molecule has 122 valence electrons. The van der Waals surface area contributed by atoms with E-state index in [0.29, 0.717) is 5.11 Å². The van der Waals surface area contributed by atoms with Crippen LogP contribution in [0.25, 0.3) is 0 Å². The van der Waals surface area contributed by atoms with Crippen molar-refractivity contribution in [3.8, 4) is 5.75 Å². The van der Waals surface area contributed by atoms with Crippen LogP contribution in [0.1, 0.15) is 31.0 Å². The van der Waals surface area contributed by atoms with Gasteiger partial charge in [0, 0.05) is 5.69 Å². The summed E-state index contributed by atoms with van der Waals surface area (Å²) in [7, 11) is 1.45. The Bertz CT molecular complexity index is 690. The molecule has 0 fully saturated rings. The van der Waals surface area contributed by atoms with Crippen molar-refractivity contribution in [1.82, 2.24) is 5.32 Å². The van der Waals surface area contributed by atoms with E-state index < -0.39 is 0 Å². The van der Waals surface area contributed by atoms with Crippen LogP contribution in [-0.4, -0.2) is 12.2 Å². The minimum absolute atomic E-state index is 0.121. The highest BCUT2D eigenvalue weighted by molar-refractivity contribution is 7.80. The minimum Gasteiger partial charge on any atom is -0.494 e. The first kappa shape index (κ1) is 17.2. The van der Waals surface area contributed by atoms with Crippen LogP contribution in [0.15, 0.2) is 42.5 Å². The van der Waals surface area contributed by atoms with Gasteiger partial charge in [-0.05, 0) is 61.0 Å². The number of anilines is 1. The number of thiocarbonyl (C=S) groups is 1. The number of nitrogens with one attached hydrogen (secondary N) is 2. The standard InChI is InChI=1S/C18H21FN2OS/c1-4-13-6-5-7-15(10-13)21-18(23)20-12(2)14-8-9-17(22-3)16(19)11-14/h5-12H,4H2,1-3H3,(H2,20,21,23)/t12-/m1/s1. The molecule has 0 aromatic heterocycles. The third kappa shape index (κ3) is 4.66. The molecule has 0 spiro atoms. The molecule has 2 rings (SSSR count). The first-order valence-corrected chi connectivity index (χ1v) is 7.94. The van der Waals surface area contributed by atoms with Crippen LogP contribution in [0.4, 0.5) is 10.1 Å². The number of methoxy groups -OCH3 is 1. The normalized spacial score (nSPS) is 11.7. The van der Waals surface area contributed by atoms with Crippen LogP contribution < -0.4 is 15.4 Å². The number of halogens is 1. The first-order chi connectivity index (χ1) is 11.0. The third-order valence-electron chi connectivity index (χ3n) is 3.62. The lowest BCUT2D eigenvalue weighted by atomic mass is 10.1. The van der Waals surface area contributed by atoms with Gasteiger partial charge in [0.2, 0.25) is 0 Å². The van der Waals surface area contributed by atoms with E-state index in [4.69, 9.17) is 17.0 Å². The van der Waals surface area contributed by atoms with Crippen LogP contribution >= 0.6 is 12.2 Å². The number of ether oxygens (including phenoxy) is 1. The monoisotopic (exact) mass is 332 g/mol. The largest absolute Gasteiger partial charge is 0.494 e. The maximum Gasteiger partial charge on any atom is 0.171 e. The van der Waals surface area contributed by atoms with Gasteiger partial charge in [-0.15, -0.1) is 0 Å². The summed E-state index contributed by atoms with van der Waals surface area (Å²) in [5.74, 6) is -0.147. The zero-order valence-electron chi connectivity index (χ0n) is 13.5. The Kier molecular flexibility index (Phi) is 5.93. The van der Waals surface area contributed by atoms with Crippen LogP contribution in [0, 0.1) is 5.82 Å². The SMILES string of the molecule is CCc1cccc(NC(=S)N[C@H](C)c2ccc(OC)c(F)c2)c1. The second kappa shape index (κ2) is 7.92. The van der Waals surface area contributed by atoms with Gasteiger partial charge < -0.3 is 15.4 Å². The average Bonchev–Trinajstić information content (AvgIpc) is 2.54. The molecule has 0 amide bonds. The topological polar surface area (TPSA) is 33.3 Å². The van der Waals surface area contributed by atoms with Crippen LogP contribution in [0.2, 0.25) is 0 Å². The highest BCUT2D eigenvalue weighted by Gasteiger charge is 2.11. The van der Waals surface area contributed by atoms with Gasteiger partial charge in [-0.3, -0.25) is 0 Å². The van der Waals surface area contributed by atoms with Gasteiger partial charge in [-0.2, -0.15) is 0 Å². The van der Waals surface area contributed by atoms with E-state index in [1.807, 2.05) is 25.1 Å². The second-order valence-corrected chi connectivity index (χ2v) is 5.68. The van der Waals surface area contributed by atoms with Gasteiger partial charge >= 0.3 is 0 Å². The molecule has 3 nitrogen and oxygen atoms in total. The van der Waals surface area contributed by atoms with Gasteiger partial charge in [-0.1, -0.05) is 25.1 Å². The lowest BCUT2D eigenvalue weighted by molar-refractivity contribution is 0.386. The molecule has 0 radical (unpaired) electrons. The van der Waals surface area contributed by atoms with Crippen LogP contribution in [0.5, 0.6) is 5.75 Å². The molecule has 5 heteroatoms. The molecule has 1 atom stereocenters. The lowest BCUT2D eigenvalue weighted by Crippen LogP contribution is -2.31. The van der Waals surface area contributed by atoms with Crippen molar-refractivity contribution in [3.05, 3.63) is 59.4 Å². The Balaban J connectivity index is 2.00. The quantitative estimate of drug-likeness (QED) is 0.793. The van der Waals surface area contributed by atoms with Crippen molar-refractivity contribution < 1.29 is 9.13 Å². The van der Waals surface area contributed by atoms with Crippen molar-refractivity contribution in [2.45, 2.75) is 26.3 Å². The zero-order valence-corrected chi connectivity index (χ0v) is 14.3. The van der Waals surface area contributed by atoms with Crippen LogP contribution in [-0.2, 0) is 6.42 Å². The molecule has 0 aliphatic heterocycles. The van der Waals surface area contributed by atoms with E-state index in [-0.39, 0.29) is 17.6 Å². The highest BCUT2D eigenvalue weighted by atomic mass is 32.1. The predicted octanol–water partition coefficient (Wildman–Crippen LogP) is 4.44. The van der Waals surface area contributed by atoms with Gasteiger partial charge in [0.25, 0.3) is 0 Å². The molecule has 0 unspecified atom stereocenters. The summed E-state index contributed by atoms with van der Waals surface area (Å²) in [6.45, 7) is 4.04. The van der Waals surface area contributed by atoms with Gasteiger partial charge in [0.05, 0.1) is 13.2 Å². The lowest BCUT2D eigenvalue weighted by Gasteiger charge is -2.18. The van der Waals surface area contributed by atoms with E-state index >= 15 is 0 Å². The summed E-state index contributed by atoms with van der Waals surface area (Å²) < 4.78 is 18.7. The van der Waals surface area contributed by atoms with E-state index in [2.05, 4.69) is 29.7 Å². The minimum atomic E-state index is -0.381. The molecular weight excluding hydrogens is 311 g/mol. The Hall–Kier alpha value is -2.14. The van der Waals surface area contributed by atoms with Gasteiger partial charge in [0.15, 0.2) is 16.7 Å². The van der Waals surface area contributed by atoms with E-state index in [9.17, 15) is 4.39 Å². The summed E-state index contributed by atoms with van der Waals surface area (Å²) in [5, 5.41) is 6.82. The van der Waals surface area contributed by atoms with Crippen molar-refractivity contribution in [2.75, 3.05) is 12.4 Å². The fraction of sp³-hybridized carbons (Fsp3) is 0.278. The third-order valence-corrected chi connectivity index (χ3v) is 3.84. The Morgan fingerprint density at radius 1 is 1.26 bits per heavy atom. The molecule has 0 aliphatic rings. The van der Waals surface area contributed by atoms with Crippen molar-refractivity contribution in [3.63, 3.8) is 0 Å². The highest BCUT2D eigenvalue weighted by Crippen LogP contribution is 2.22. The molecule has 2 aromatic rings. The Labute approximate surface area is 141 Å². The number of hydrogen-bond acceptors (Lipinski definition) is 2. The van der Waals surface area contributed by atoms with E-state index in [0.717, 1.165) is 17.7 Å². The van der Waals surface area contributed by atoms with Crippen molar-refractivity contribution >= 4 is 23.0 Å². The average molecular weight is 332 g/mol. The number of rotatable bonds is 5. The summed E-state index contributed by atoms with van der Waals surface area (Å²) in [6.07, 6.45) is 0.969. The van der Waals surface area contributed by atoms with E-state index in [1.165, 1.54) is 18.7 Å². The molecular formula is C18H21FN2OS. The van der Waals surface area contributed by atoms with Crippen molar-refractivity contribution in [2.24, 2.45) is 0 Å². The van der Waals surface area contributed by atoms with E-state index in [1.54, 1.807) is 6.07 Å². The molecule has 0 saturated heterocycles. The molecule has 0 saturated carbocycles. The summed E-state index contributed by atoms with van der Waals surface area (Å²) in [5.41, 5.74) is 2.98. The number of hydrogen-bond donors (Lipinski definition) is 2. The maximum atomic E-state index is 13.8. The summed E-state index contributed by atoms with van der Waals surface area (Å²) in [4.78, 5) is 0. The summed E-state index contributed by atoms with van der Waals surface area (Å²) >= 11 is 5.33. The smallest absolute Gasteiger partial charge is 0.171 e. The van der Waals surface area contributed by atoms with Crippen molar-refractivity contribution in [1.29, 1.82) is 0 Å². The fourth-order valence-corrected chi connectivity index (χ4v) is 2.56. The molecule has 0 aliphatic carbocycles. The second-order valence-electron chi connectivity index (χ2n) is 5.27. The van der Waals surface area contributed by atoms with Gasteiger partial charge in [0.1, 0.15) is 0 Å². The van der Waals surface area contributed by atoms with Crippen LogP contribution in [0.3, 0.4) is 0 Å². The zero-order chi connectivity index (χ0) is 16.8. The molecule has 2 N–H and O–H groups in total.